The molecule has 0 spiro atoms. The second-order valence-electron chi connectivity index (χ2n) is 4.63. The van der Waals surface area contributed by atoms with Gasteiger partial charge in [0.25, 0.3) is 0 Å². The van der Waals surface area contributed by atoms with Gasteiger partial charge < -0.3 is 5.32 Å². The van der Waals surface area contributed by atoms with Crippen LogP contribution in [0.4, 0.5) is 0 Å². The van der Waals surface area contributed by atoms with Crippen LogP contribution in [0.2, 0.25) is 0 Å². The first-order valence-electron chi connectivity index (χ1n) is 6.62. The molecule has 0 amide bonds. The lowest BCUT2D eigenvalue weighted by Gasteiger charge is -2.24. The summed E-state index contributed by atoms with van der Waals surface area (Å²) in [6.07, 6.45) is 3.95. The molecule has 18 heavy (non-hydrogen) atoms. The summed E-state index contributed by atoms with van der Waals surface area (Å²) in [4.78, 5) is 2.36. The lowest BCUT2D eigenvalue weighted by atomic mass is 10.3. The van der Waals surface area contributed by atoms with Gasteiger partial charge in [-0.25, -0.2) is 0 Å². The van der Waals surface area contributed by atoms with Crippen LogP contribution in [-0.2, 0) is 13.1 Å². The minimum absolute atomic E-state index is 0.521. The summed E-state index contributed by atoms with van der Waals surface area (Å²) >= 11 is 0. The van der Waals surface area contributed by atoms with Crippen molar-refractivity contribution in [3.05, 3.63) is 24.5 Å². The predicted molar refractivity (Wildman–Crippen MR) is 74.3 cm³/mol. The van der Waals surface area contributed by atoms with Gasteiger partial charge in [-0.2, -0.15) is 0 Å². The Balaban J connectivity index is 2.41. The Kier molecular flexibility index (Phi) is 6.60. The van der Waals surface area contributed by atoms with Gasteiger partial charge in [-0.1, -0.05) is 18.2 Å². The number of rotatable bonds is 9. The highest BCUT2D eigenvalue weighted by Gasteiger charge is 2.08. The maximum atomic E-state index is 4.13. The molecular weight excluding hydrogens is 226 g/mol. The highest BCUT2D eigenvalue weighted by atomic mass is 15.4. The molecule has 0 unspecified atom stereocenters. The van der Waals surface area contributed by atoms with Crippen molar-refractivity contribution in [2.75, 3.05) is 19.6 Å². The van der Waals surface area contributed by atoms with Crippen LogP contribution in [0, 0.1) is 0 Å². The summed E-state index contributed by atoms with van der Waals surface area (Å²) in [5.74, 6) is 0. The molecule has 1 aromatic rings. The largest absolute Gasteiger partial charge is 0.311 e. The lowest BCUT2D eigenvalue weighted by Crippen LogP contribution is -2.34. The molecule has 0 fully saturated rings. The minimum atomic E-state index is 0.521. The van der Waals surface area contributed by atoms with Crippen LogP contribution in [0.25, 0.3) is 0 Å². The zero-order chi connectivity index (χ0) is 13.4. The first kappa shape index (κ1) is 14.9. The third-order valence-corrected chi connectivity index (χ3v) is 2.85. The summed E-state index contributed by atoms with van der Waals surface area (Å²) in [5, 5.41) is 11.5. The van der Waals surface area contributed by atoms with Crippen molar-refractivity contribution in [1.29, 1.82) is 0 Å². The monoisotopic (exact) mass is 251 g/mol. The summed E-state index contributed by atoms with van der Waals surface area (Å²) in [6, 6.07) is 0.521. The molecule has 0 aliphatic rings. The van der Waals surface area contributed by atoms with Gasteiger partial charge in [0.05, 0.1) is 12.2 Å². The third kappa shape index (κ3) is 4.98. The predicted octanol–water partition coefficient (Wildman–Crippen LogP) is 1.28. The van der Waals surface area contributed by atoms with E-state index in [2.05, 4.69) is 47.9 Å². The van der Waals surface area contributed by atoms with E-state index in [4.69, 9.17) is 0 Å². The number of nitrogens with zero attached hydrogens (tertiary/aromatic N) is 4. The van der Waals surface area contributed by atoms with Crippen LogP contribution in [0.1, 0.15) is 26.5 Å². The average Bonchev–Trinajstić information content (AvgIpc) is 2.79. The van der Waals surface area contributed by atoms with E-state index in [0.717, 1.165) is 38.4 Å². The Bertz CT molecular complexity index is 345. The Morgan fingerprint density at radius 1 is 1.56 bits per heavy atom. The Labute approximate surface area is 110 Å². The topological polar surface area (TPSA) is 46.0 Å². The lowest BCUT2D eigenvalue weighted by molar-refractivity contribution is 0.232. The van der Waals surface area contributed by atoms with E-state index >= 15 is 0 Å². The average molecular weight is 251 g/mol. The normalized spacial score (nSPS) is 11.4. The van der Waals surface area contributed by atoms with Gasteiger partial charge in [-0.3, -0.25) is 9.58 Å². The molecule has 0 radical (unpaired) electrons. The molecule has 1 heterocycles. The minimum Gasteiger partial charge on any atom is -0.311 e. The van der Waals surface area contributed by atoms with Crippen LogP contribution in [-0.4, -0.2) is 45.6 Å². The van der Waals surface area contributed by atoms with E-state index in [-0.39, 0.29) is 0 Å². The molecule has 0 bridgehead atoms. The second-order valence-corrected chi connectivity index (χ2v) is 4.63. The van der Waals surface area contributed by atoms with Crippen LogP contribution in [0.3, 0.4) is 0 Å². The molecule has 0 saturated heterocycles. The zero-order valence-corrected chi connectivity index (χ0v) is 11.8. The standard InChI is InChI=1S/C13H25N5/c1-5-7-17(12(3)4)8-9-18-11-13(15-16-18)10-14-6-2/h5,11-12,14H,1,6-10H2,2-4H3. The van der Waals surface area contributed by atoms with E-state index in [1.165, 1.54) is 0 Å². The molecular formula is C13H25N5. The van der Waals surface area contributed by atoms with Gasteiger partial charge in [-0.15, -0.1) is 11.7 Å². The molecule has 102 valence electrons. The fourth-order valence-electron chi connectivity index (χ4n) is 1.74. The maximum Gasteiger partial charge on any atom is 0.0964 e. The van der Waals surface area contributed by atoms with Gasteiger partial charge in [-0.05, 0) is 20.4 Å². The first-order chi connectivity index (χ1) is 8.67. The van der Waals surface area contributed by atoms with Crippen molar-refractivity contribution in [3.63, 3.8) is 0 Å². The summed E-state index contributed by atoms with van der Waals surface area (Å²) < 4.78 is 1.91. The quantitative estimate of drug-likeness (QED) is 0.672. The molecule has 0 saturated carbocycles. The molecule has 1 rings (SSSR count). The SMILES string of the molecule is C=CCN(CCn1cc(CNCC)nn1)C(C)C. The molecule has 1 aromatic heterocycles. The second kappa shape index (κ2) is 8.00. The molecule has 0 aromatic carbocycles. The fourth-order valence-corrected chi connectivity index (χ4v) is 1.74. The zero-order valence-electron chi connectivity index (χ0n) is 11.8. The van der Waals surface area contributed by atoms with Crippen LogP contribution < -0.4 is 5.32 Å². The van der Waals surface area contributed by atoms with E-state index < -0.39 is 0 Å². The van der Waals surface area contributed by atoms with Crippen molar-refractivity contribution >= 4 is 0 Å². The Morgan fingerprint density at radius 3 is 2.94 bits per heavy atom. The number of nitrogens with one attached hydrogen (secondary N) is 1. The van der Waals surface area contributed by atoms with E-state index in [1.807, 2.05) is 17.0 Å². The van der Waals surface area contributed by atoms with Crippen molar-refractivity contribution in [2.24, 2.45) is 0 Å². The van der Waals surface area contributed by atoms with Crippen LogP contribution in [0.15, 0.2) is 18.9 Å². The highest BCUT2D eigenvalue weighted by Crippen LogP contribution is 1.99. The van der Waals surface area contributed by atoms with Gasteiger partial charge in [0.2, 0.25) is 0 Å². The van der Waals surface area contributed by atoms with Crippen molar-refractivity contribution < 1.29 is 0 Å². The van der Waals surface area contributed by atoms with Gasteiger partial charge >= 0.3 is 0 Å². The molecule has 5 heteroatoms. The first-order valence-corrected chi connectivity index (χ1v) is 6.62. The number of aromatic nitrogens is 3. The van der Waals surface area contributed by atoms with Gasteiger partial charge in [0.15, 0.2) is 0 Å². The van der Waals surface area contributed by atoms with Gasteiger partial charge in [0, 0.05) is 31.9 Å². The highest BCUT2D eigenvalue weighted by molar-refractivity contribution is 4.91. The molecule has 5 nitrogen and oxygen atoms in total. The molecule has 1 N–H and O–H groups in total. The Morgan fingerprint density at radius 2 is 2.33 bits per heavy atom. The number of hydrogen-bond acceptors (Lipinski definition) is 4. The van der Waals surface area contributed by atoms with E-state index in [1.54, 1.807) is 0 Å². The van der Waals surface area contributed by atoms with Crippen molar-refractivity contribution in [2.45, 2.75) is 39.9 Å². The van der Waals surface area contributed by atoms with Crippen molar-refractivity contribution in [3.8, 4) is 0 Å². The summed E-state index contributed by atoms with van der Waals surface area (Å²) in [6.45, 7) is 14.8. The third-order valence-electron chi connectivity index (χ3n) is 2.85. The molecule has 0 aliphatic heterocycles. The van der Waals surface area contributed by atoms with Crippen LogP contribution in [0.5, 0.6) is 0 Å². The molecule has 0 aliphatic carbocycles. The Hall–Kier alpha value is -1.20. The number of hydrogen-bond donors (Lipinski definition) is 1. The summed E-state index contributed by atoms with van der Waals surface area (Å²) in [5.41, 5.74) is 0.997. The smallest absolute Gasteiger partial charge is 0.0964 e. The van der Waals surface area contributed by atoms with Gasteiger partial charge in [0.1, 0.15) is 0 Å². The molecule has 0 atom stereocenters. The van der Waals surface area contributed by atoms with E-state index in [0.29, 0.717) is 6.04 Å². The van der Waals surface area contributed by atoms with Crippen molar-refractivity contribution in [1.82, 2.24) is 25.2 Å². The van der Waals surface area contributed by atoms with Crippen LogP contribution >= 0.6 is 0 Å². The maximum absolute atomic E-state index is 4.13. The van der Waals surface area contributed by atoms with E-state index in [9.17, 15) is 0 Å². The fraction of sp³-hybridized carbons (Fsp3) is 0.692. The summed E-state index contributed by atoms with van der Waals surface area (Å²) in [7, 11) is 0.